The summed E-state index contributed by atoms with van der Waals surface area (Å²) in [6.45, 7) is -0.193. The number of carboxylic acids is 1. The number of carbonyl (C=O) groups is 2. The summed E-state index contributed by atoms with van der Waals surface area (Å²) in [6, 6.07) is 15.2. The number of carbonyl (C=O) groups excluding carboxylic acids is 2. The van der Waals surface area contributed by atoms with E-state index in [1.807, 2.05) is 30.3 Å². The zero-order valence-corrected chi connectivity index (χ0v) is 12.4. The number of aromatic nitrogens is 4. The van der Waals surface area contributed by atoms with Crippen molar-refractivity contribution in [3.8, 4) is 11.4 Å². The third-order valence-electron chi connectivity index (χ3n) is 3.19. The van der Waals surface area contributed by atoms with Crippen molar-refractivity contribution < 1.29 is 14.7 Å². The molecule has 24 heavy (non-hydrogen) atoms. The van der Waals surface area contributed by atoms with Crippen LogP contribution in [0.25, 0.3) is 11.4 Å². The van der Waals surface area contributed by atoms with Crippen LogP contribution in [0.15, 0.2) is 54.6 Å². The van der Waals surface area contributed by atoms with Gasteiger partial charge in [-0.2, -0.15) is 4.80 Å². The molecule has 0 bridgehead atoms. The summed E-state index contributed by atoms with van der Waals surface area (Å²) < 4.78 is 0. The van der Waals surface area contributed by atoms with Crippen LogP contribution in [-0.2, 0) is 11.3 Å². The van der Waals surface area contributed by atoms with Gasteiger partial charge in [0, 0.05) is 16.8 Å². The van der Waals surface area contributed by atoms with Gasteiger partial charge in [-0.15, -0.1) is 10.2 Å². The maximum atomic E-state index is 12.0. The average molecular weight is 322 g/mol. The molecule has 0 aliphatic heterocycles. The molecule has 1 N–H and O–H groups in total. The molecule has 3 rings (SSSR count). The van der Waals surface area contributed by atoms with Crippen molar-refractivity contribution in [3.05, 3.63) is 60.2 Å². The fourth-order valence-electron chi connectivity index (χ4n) is 2.10. The van der Waals surface area contributed by atoms with Crippen LogP contribution in [0, 0.1) is 0 Å². The second kappa shape index (κ2) is 6.69. The Morgan fingerprint density at radius 2 is 1.75 bits per heavy atom. The maximum absolute atomic E-state index is 12.0. The number of anilines is 1. The van der Waals surface area contributed by atoms with Crippen LogP contribution in [-0.4, -0.2) is 32.1 Å². The summed E-state index contributed by atoms with van der Waals surface area (Å²) in [5.74, 6) is -1.43. The maximum Gasteiger partial charge on any atom is 0.248 e. The number of amides is 1. The smallest absolute Gasteiger partial charge is 0.248 e. The van der Waals surface area contributed by atoms with Gasteiger partial charge in [-0.1, -0.05) is 48.5 Å². The minimum atomic E-state index is -1.36. The molecular weight excluding hydrogens is 310 g/mol. The van der Waals surface area contributed by atoms with E-state index in [0.29, 0.717) is 5.82 Å². The standard InChI is InChI=1S/C16H13N5O3/c22-14(17-13-9-5-4-8-12(13)16(23)24)10-21-19-15(18-20-21)11-6-2-1-3-7-11/h1-9H,10H2,(H,17,22)(H,23,24)/p-1. The van der Waals surface area contributed by atoms with E-state index in [1.54, 1.807) is 12.1 Å². The zero-order chi connectivity index (χ0) is 16.9. The number of hydrogen-bond donors (Lipinski definition) is 1. The monoisotopic (exact) mass is 322 g/mol. The second-order valence-electron chi connectivity index (χ2n) is 4.89. The molecule has 0 saturated heterocycles. The quantitative estimate of drug-likeness (QED) is 0.725. The van der Waals surface area contributed by atoms with Gasteiger partial charge in [-0.05, 0) is 11.3 Å². The molecule has 0 fully saturated rings. The van der Waals surface area contributed by atoms with Gasteiger partial charge in [0.2, 0.25) is 11.7 Å². The number of hydrogen-bond acceptors (Lipinski definition) is 6. The minimum Gasteiger partial charge on any atom is -0.545 e. The average Bonchev–Trinajstić information content (AvgIpc) is 3.04. The Labute approximate surface area is 136 Å². The Morgan fingerprint density at radius 3 is 2.50 bits per heavy atom. The van der Waals surface area contributed by atoms with Crippen LogP contribution in [0.5, 0.6) is 0 Å². The van der Waals surface area contributed by atoms with Crippen LogP contribution in [0.4, 0.5) is 5.69 Å². The molecule has 8 nitrogen and oxygen atoms in total. The predicted molar refractivity (Wildman–Crippen MR) is 82.7 cm³/mol. The highest BCUT2D eigenvalue weighted by Crippen LogP contribution is 2.14. The molecule has 2 aromatic carbocycles. The van der Waals surface area contributed by atoms with Crippen LogP contribution in [0.3, 0.4) is 0 Å². The van der Waals surface area contributed by atoms with Gasteiger partial charge < -0.3 is 15.2 Å². The van der Waals surface area contributed by atoms with Crippen molar-refractivity contribution >= 4 is 17.6 Å². The summed E-state index contributed by atoms with van der Waals surface area (Å²) >= 11 is 0. The van der Waals surface area contributed by atoms with Crippen LogP contribution in [0.1, 0.15) is 10.4 Å². The number of nitrogens with zero attached hydrogens (tertiary/aromatic N) is 4. The van der Waals surface area contributed by atoms with E-state index in [-0.39, 0.29) is 17.8 Å². The number of benzene rings is 2. The molecule has 0 unspecified atom stereocenters. The largest absolute Gasteiger partial charge is 0.545 e. The molecule has 0 radical (unpaired) electrons. The van der Waals surface area contributed by atoms with E-state index in [2.05, 4.69) is 20.7 Å². The number of aromatic carboxylic acids is 1. The Kier molecular flexibility index (Phi) is 4.28. The molecule has 120 valence electrons. The highest BCUT2D eigenvalue weighted by Gasteiger charge is 2.11. The van der Waals surface area contributed by atoms with Crippen LogP contribution in [0.2, 0.25) is 0 Å². The molecule has 0 saturated carbocycles. The predicted octanol–water partition coefficient (Wildman–Crippen LogP) is 0.342. The number of rotatable bonds is 5. The lowest BCUT2D eigenvalue weighted by Gasteiger charge is -2.10. The van der Waals surface area contributed by atoms with Crippen molar-refractivity contribution in [2.24, 2.45) is 0 Å². The molecule has 8 heteroatoms. The normalized spacial score (nSPS) is 10.3. The van der Waals surface area contributed by atoms with Crippen molar-refractivity contribution in [2.75, 3.05) is 5.32 Å². The lowest BCUT2D eigenvalue weighted by atomic mass is 10.2. The molecule has 3 aromatic rings. The number of para-hydroxylation sites is 1. The lowest BCUT2D eigenvalue weighted by molar-refractivity contribution is -0.254. The first-order chi connectivity index (χ1) is 11.6. The van der Waals surface area contributed by atoms with Crippen LogP contribution < -0.4 is 10.4 Å². The van der Waals surface area contributed by atoms with Gasteiger partial charge in [0.15, 0.2) is 0 Å². The van der Waals surface area contributed by atoms with Crippen molar-refractivity contribution in [1.82, 2.24) is 20.2 Å². The van der Waals surface area contributed by atoms with Gasteiger partial charge in [-0.3, -0.25) is 4.79 Å². The Balaban J connectivity index is 1.70. The van der Waals surface area contributed by atoms with Gasteiger partial charge in [-0.25, -0.2) is 0 Å². The molecule has 0 atom stereocenters. The Bertz CT molecular complexity index is 876. The first-order valence-electron chi connectivity index (χ1n) is 7.07. The van der Waals surface area contributed by atoms with Gasteiger partial charge >= 0.3 is 0 Å². The molecule has 0 spiro atoms. The van der Waals surface area contributed by atoms with E-state index in [9.17, 15) is 14.7 Å². The van der Waals surface area contributed by atoms with Crippen molar-refractivity contribution in [1.29, 1.82) is 0 Å². The van der Waals surface area contributed by atoms with Crippen molar-refractivity contribution in [3.63, 3.8) is 0 Å². The third kappa shape index (κ3) is 3.43. The van der Waals surface area contributed by atoms with Crippen molar-refractivity contribution in [2.45, 2.75) is 6.54 Å². The van der Waals surface area contributed by atoms with Gasteiger partial charge in [0.05, 0.1) is 5.97 Å². The summed E-state index contributed by atoms with van der Waals surface area (Å²) in [5, 5.41) is 25.4. The molecule has 1 heterocycles. The van der Waals surface area contributed by atoms with E-state index in [0.717, 1.165) is 10.4 Å². The topological polar surface area (TPSA) is 113 Å². The van der Waals surface area contributed by atoms with E-state index >= 15 is 0 Å². The van der Waals surface area contributed by atoms with Gasteiger partial charge in [0.1, 0.15) is 6.54 Å². The van der Waals surface area contributed by atoms with E-state index in [1.165, 1.54) is 12.1 Å². The molecule has 1 aromatic heterocycles. The summed E-state index contributed by atoms with van der Waals surface area (Å²) in [6.07, 6.45) is 0. The first kappa shape index (κ1) is 15.3. The van der Waals surface area contributed by atoms with E-state index in [4.69, 9.17) is 0 Å². The fraction of sp³-hybridized carbons (Fsp3) is 0.0625. The Morgan fingerprint density at radius 1 is 1.04 bits per heavy atom. The lowest BCUT2D eigenvalue weighted by Crippen LogP contribution is -2.26. The highest BCUT2D eigenvalue weighted by atomic mass is 16.4. The molecule has 1 amide bonds. The summed E-state index contributed by atoms with van der Waals surface area (Å²) in [5.41, 5.74) is 0.847. The summed E-state index contributed by atoms with van der Waals surface area (Å²) in [7, 11) is 0. The van der Waals surface area contributed by atoms with Crippen LogP contribution >= 0.6 is 0 Å². The first-order valence-corrected chi connectivity index (χ1v) is 7.07. The van der Waals surface area contributed by atoms with Gasteiger partial charge in [0.25, 0.3) is 0 Å². The zero-order valence-electron chi connectivity index (χ0n) is 12.4. The minimum absolute atomic E-state index is 0.0950. The molecule has 0 aliphatic rings. The third-order valence-corrected chi connectivity index (χ3v) is 3.19. The SMILES string of the molecule is O=C(Cn1nnc(-c2ccccc2)n1)Nc1ccccc1C(=O)[O-]. The molecular formula is C16H12N5O3-. The number of tetrazole rings is 1. The highest BCUT2D eigenvalue weighted by molar-refractivity contribution is 5.99. The summed E-state index contributed by atoms with van der Waals surface area (Å²) in [4.78, 5) is 24.2. The van der Waals surface area contributed by atoms with E-state index < -0.39 is 11.9 Å². The number of carboxylic acid groups (broad SMARTS) is 1. The number of nitrogens with one attached hydrogen (secondary N) is 1. The Hall–Kier alpha value is -3.55. The fourth-order valence-corrected chi connectivity index (χ4v) is 2.10. The molecule has 0 aliphatic carbocycles. The second-order valence-corrected chi connectivity index (χ2v) is 4.89.